The van der Waals surface area contributed by atoms with E-state index in [1.54, 1.807) is 0 Å². The van der Waals surface area contributed by atoms with Crippen LogP contribution in [0.1, 0.15) is 26.7 Å². The van der Waals surface area contributed by atoms with E-state index in [-0.39, 0.29) is 24.9 Å². The summed E-state index contributed by atoms with van der Waals surface area (Å²) in [6, 6.07) is 0. The molecule has 92 valence electrons. The minimum absolute atomic E-state index is 0.0988. The highest BCUT2D eigenvalue weighted by Crippen LogP contribution is 2.04. The minimum atomic E-state index is -0.915. The van der Waals surface area contributed by atoms with Crippen LogP contribution in [0.2, 0.25) is 0 Å². The van der Waals surface area contributed by atoms with Crippen LogP contribution in [0, 0.1) is 5.92 Å². The van der Waals surface area contributed by atoms with E-state index in [1.807, 2.05) is 6.92 Å². The van der Waals surface area contributed by atoms with Gasteiger partial charge < -0.3 is 15.7 Å². The standard InChI is InChI=1S/C10H18N2O4/c1-3-4-8(10(15)16)5-12-9(14)6-11-7(2)13/h8H,3-6H2,1-2H3,(H,11,13)(H,12,14)(H,15,16). The van der Waals surface area contributed by atoms with Crippen molar-refractivity contribution >= 4 is 17.8 Å². The van der Waals surface area contributed by atoms with E-state index in [2.05, 4.69) is 10.6 Å². The van der Waals surface area contributed by atoms with E-state index in [0.717, 1.165) is 6.42 Å². The second-order valence-electron chi connectivity index (χ2n) is 3.54. The molecule has 0 bridgehead atoms. The maximum absolute atomic E-state index is 11.2. The molecule has 0 aliphatic carbocycles. The average molecular weight is 230 g/mol. The van der Waals surface area contributed by atoms with Crippen molar-refractivity contribution in [3.8, 4) is 0 Å². The Morgan fingerprint density at radius 1 is 1.25 bits per heavy atom. The van der Waals surface area contributed by atoms with Gasteiger partial charge in [0.1, 0.15) is 0 Å². The maximum Gasteiger partial charge on any atom is 0.308 e. The zero-order chi connectivity index (χ0) is 12.6. The van der Waals surface area contributed by atoms with Gasteiger partial charge in [-0.05, 0) is 6.42 Å². The molecule has 0 radical (unpaired) electrons. The zero-order valence-electron chi connectivity index (χ0n) is 9.58. The molecule has 2 amide bonds. The monoisotopic (exact) mass is 230 g/mol. The van der Waals surface area contributed by atoms with Gasteiger partial charge in [-0.15, -0.1) is 0 Å². The van der Waals surface area contributed by atoms with Gasteiger partial charge in [-0.1, -0.05) is 13.3 Å². The molecule has 6 nitrogen and oxygen atoms in total. The Labute approximate surface area is 94.4 Å². The summed E-state index contributed by atoms with van der Waals surface area (Å²) in [6.07, 6.45) is 1.27. The van der Waals surface area contributed by atoms with Crippen LogP contribution in [0.5, 0.6) is 0 Å². The van der Waals surface area contributed by atoms with Gasteiger partial charge >= 0.3 is 5.97 Å². The molecule has 0 aliphatic rings. The SMILES string of the molecule is CCCC(CNC(=O)CNC(C)=O)C(=O)O. The van der Waals surface area contributed by atoms with Crippen molar-refractivity contribution < 1.29 is 19.5 Å². The number of nitrogens with one attached hydrogen (secondary N) is 2. The third-order valence-corrected chi connectivity index (χ3v) is 2.03. The van der Waals surface area contributed by atoms with Crippen molar-refractivity contribution in [2.75, 3.05) is 13.1 Å². The lowest BCUT2D eigenvalue weighted by Gasteiger charge is -2.12. The summed E-state index contributed by atoms with van der Waals surface area (Å²) in [4.78, 5) is 32.4. The molecule has 0 heterocycles. The molecule has 0 rings (SSSR count). The van der Waals surface area contributed by atoms with Crippen molar-refractivity contribution in [3.05, 3.63) is 0 Å². The molecule has 6 heteroatoms. The Kier molecular flexibility index (Phi) is 6.91. The lowest BCUT2D eigenvalue weighted by atomic mass is 10.0. The summed E-state index contributed by atoms with van der Waals surface area (Å²) in [6.45, 7) is 3.18. The Morgan fingerprint density at radius 3 is 2.31 bits per heavy atom. The van der Waals surface area contributed by atoms with Crippen LogP contribution in [0.3, 0.4) is 0 Å². The van der Waals surface area contributed by atoms with Crippen LogP contribution in [0.4, 0.5) is 0 Å². The third kappa shape index (κ3) is 6.80. The Hall–Kier alpha value is -1.59. The summed E-state index contributed by atoms with van der Waals surface area (Å²) in [5, 5.41) is 13.6. The Balaban J connectivity index is 3.87. The van der Waals surface area contributed by atoms with Gasteiger partial charge in [-0.25, -0.2) is 0 Å². The molecule has 0 saturated carbocycles. The summed E-state index contributed by atoms with van der Waals surface area (Å²) in [5.41, 5.74) is 0. The molecule has 16 heavy (non-hydrogen) atoms. The fourth-order valence-corrected chi connectivity index (χ4v) is 1.17. The molecule has 1 unspecified atom stereocenters. The number of hydrogen-bond acceptors (Lipinski definition) is 3. The van der Waals surface area contributed by atoms with Crippen LogP contribution in [0.15, 0.2) is 0 Å². The number of carbonyl (C=O) groups excluding carboxylic acids is 2. The second-order valence-corrected chi connectivity index (χ2v) is 3.54. The average Bonchev–Trinajstić information content (AvgIpc) is 2.20. The molecule has 0 aromatic heterocycles. The molecule has 1 atom stereocenters. The molecule has 0 aliphatic heterocycles. The first-order valence-corrected chi connectivity index (χ1v) is 5.21. The Morgan fingerprint density at radius 2 is 1.88 bits per heavy atom. The van der Waals surface area contributed by atoms with Crippen LogP contribution in [0.25, 0.3) is 0 Å². The van der Waals surface area contributed by atoms with E-state index in [0.29, 0.717) is 6.42 Å². The van der Waals surface area contributed by atoms with E-state index in [9.17, 15) is 14.4 Å². The van der Waals surface area contributed by atoms with Crippen molar-refractivity contribution in [2.45, 2.75) is 26.7 Å². The fourth-order valence-electron chi connectivity index (χ4n) is 1.17. The van der Waals surface area contributed by atoms with E-state index >= 15 is 0 Å². The van der Waals surface area contributed by atoms with Gasteiger partial charge in [-0.2, -0.15) is 0 Å². The first kappa shape index (κ1) is 14.4. The molecular weight excluding hydrogens is 212 g/mol. The van der Waals surface area contributed by atoms with Crippen molar-refractivity contribution in [3.63, 3.8) is 0 Å². The highest BCUT2D eigenvalue weighted by molar-refractivity contribution is 5.83. The highest BCUT2D eigenvalue weighted by atomic mass is 16.4. The number of carbonyl (C=O) groups is 3. The molecule has 3 N–H and O–H groups in total. The largest absolute Gasteiger partial charge is 0.481 e. The van der Waals surface area contributed by atoms with Gasteiger partial charge in [0.25, 0.3) is 0 Å². The van der Waals surface area contributed by atoms with E-state index in [4.69, 9.17) is 5.11 Å². The fraction of sp³-hybridized carbons (Fsp3) is 0.700. The smallest absolute Gasteiger partial charge is 0.308 e. The maximum atomic E-state index is 11.2. The van der Waals surface area contributed by atoms with Crippen LogP contribution in [-0.2, 0) is 14.4 Å². The quantitative estimate of drug-likeness (QED) is 0.561. The van der Waals surface area contributed by atoms with Crippen molar-refractivity contribution in [1.82, 2.24) is 10.6 Å². The molecule has 0 saturated heterocycles. The lowest BCUT2D eigenvalue weighted by molar-refractivity contribution is -0.142. The Bertz CT molecular complexity index is 266. The second kappa shape index (κ2) is 7.67. The minimum Gasteiger partial charge on any atom is -0.481 e. The van der Waals surface area contributed by atoms with Crippen molar-refractivity contribution in [2.24, 2.45) is 5.92 Å². The van der Waals surface area contributed by atoms with Gasteiger partial charge in [0.05, 0.1) is 12.5 Å². The summed E-state index contributed by atoms with van der Waals surface area (Å²) < 4.78 is 0. The number of amides is 2. The first-order valence-electron chi connectivity index (χ1n) is 5.21. The van der Waals surface area contributed by atoms with Crippen molar-refractivity contribution in [1.29, 1.82) is 0 Å². The van der Waals surface area contributed by atoms with Crippen LogP contribution >= 0.6 is 0 Å². The number of hydrogen-bond donors (Lipinski definition) is 3. The number of rotatable bonds is 7. The molecule has 0 aromatic carbocycles. The third-order valence-electron chi connectivity index (χ3n) is 2.03. The van der Waals surface area contributed by atoms with Gasteiger partial charge in [0, 0.05) is 13.5 Å². The number of aliphatic carboxylic acids is 1. The number of carboxylic acid groups (broad SMARTS) is 1. The van der Waals surface area contributed by atoms with E-state index in [1.165, 1.54) is 6.92 Å². The first-order chi connectivity index (χ1) is 7.47. The van der Waals surface area contributed by atoms with Crippen LogP contribution in [-0.4, -0.2) is 36.0 Å². The summed E-state index contributed by atoms with van der Waals surface area (Å²) in [7, 11) is 0. The predicted octanol–water partition coefficient (Wildman–Crippen LogP) is -0.260. The summed E-state index contributed by atoms with van der Waals surface area (Å²) in [5.74, 6) is -2.15. The van der Waals surface area contributed by atoms with Crippen LogP contribution < -0.4 is 10.6 Å². The lowest BCUT2D eigenvalue weighted by Crippen LogP contribution is -2.39. The van der Waals surface area contributed by atoms with E-state index < -0.39 is 11.9 Å². The predicted molar refractivity (Wildman–Crippen MR) is 57.7 cm³/mol. The molecule has 0 aromatic rings. The van der Waals surface area contributed by atoms with Gasteiger partial charge in [0.15, 0.2) is 0 Å². The highest BCUT2D eigenvalue weighted by Gasteiger charge is 2.16. The normalized spacial score (nSPS) is 11.6. The zero-order valence-corrected chi connectivity index (χ0v) is 9.58. The van der Waals surface area contributed by atoms with Gasteiger partial charge in [0.2, 0.25) is 11.8 Å². The van der Waals surface area contributed by atoms with Gasteiger partial charge in [-0.3, -0.25) is 14.4 Å². The summed E-state index contributed by atoms with van der Waals surface area (Å²) >= 11 is 0. The molecule has 0 fully saturated rings. The topological polar surface area (TPSA) is 95.5 Å². The molecular formula is C10H18N2O4. The number of carboxylic acids is 1. The molecule has 0 spiro atoms.